The van der Waals surface area contributed by atoms with Crippen LogP contribution in [0.15, 0.2) is 36.4 Å². The molecule has 0 aromatic heterocycles. The molecule has 0 amide bonds. The van der Waals surface area contributed by atoms with Crippen molar-refractivity contribution >= 4 is 11.8 Å². The fraction of sp³-hybridized carbons (Fsp3) is 0.615. The number of carbonyl (C=O) groups excluding carboxylic acids is 2. The molecule has 2 atom stereocenters. The molecule has 0 N–H and O–H groups in total. The predicted molar refractivity (Wildman–Crippen MR) is 117 cm³/mol. The molecular weight excluding hydrogens is 360 g/mol. The second kappa shape index (κ2) is 11.3. The number of esters is 1. The van der Waals surface area contributed by atoms with Crippen LogP contribution in [0.25, 0.3) is 0 Å². The summed E-state index contributed by atoms with van der Waals surface area (Å²) in [5.74, 6) is 1.57. The van der Waals surface area contributed by atoms with Crippen molar-refractivity contribution in [3.63, 3.8) is 0 Å². The Kier molecular flexibility index (Phi) is 8.52. The Bertz CT molecular complexity index is 682. The highest BCUT2D eigenvalue weighted by molar-refractivity contribution is 5.84. The van der Waals surface area contributed by atoms with Crippen LogP contribution in [0.4, 0.5) is 0 Å². The fourth-order valence-electron chi connectivity index (χ4n) is 5.06. The van der Waals surface area contributed by atoms with E-state index in [1.165, 1.54) is 56.8 Å². The van der Waals surface area contributed by atoms with E-state index >= 15 is 0 Å². The van der Waals surface area contributed by atoms with Gasteiger partial charge in [-0.25, -0.2) is 0 Å². The van der Waals surface area contributed by atoms with Gasteiger partial charge in [-0.2, -0.15) is 0 Å². The highest BCUT2D eigenvalue weighted by atomic mass is 16.5. The summed E-state index contributed by atoms with van der Waals surface area (Å²) in [5.41, 5.74) is 2.78. The molecule has 3 heteroatoms. The highest BCUT2D eigenvalue weighted by Crippen LogP contribution is 2.39. The summed E-state index contributed by atoms with van der Waals surface area (Å²) in [4.78, 5) is 23.6. The molecule has 3 rings (SSSR count). The summed E-state index contributed by atoms with van der Waals surface area (Å²) < 4.78 is 4.66. The largest absolute Gasteiger partial charge is 0.469 e. The van der Waals surface area contributed by atoms with Crippen molar-refractivity contribution in [2.24, 2.45) is 11.8 Å². The van der Waals surface area contributed by atoms with Gasteiger partial charge in [-0.05, 0) is 55.1 Å². The van der Waals surface area contributed by atoms with Crippen LogP contribution in [-0.4, -0.2) is 18.9 Å². The summed E-state index contributed by atoms with van der Waals surface area (Å²) in [7, 11) is 1.42. The number of Topliss-reactive ketones (excluding diaryl/α,β-unsaturated/α-hetero) is 1. The molecule has 3 nitrogen and oxygen atoms in total. The molecule has 2 fully saturated rings. The molecule has 1 aromatic rings. The van der Waals surface area contributed by atoms with Crippen LogP contribution in [0.2, 0.25) is 0 Å². The zero-order chi connectivity index (χ0) is 20.5. The number of ketones is 1. The molecule has 0 heterocycles. The summed E-state index contributed by atoms with van der Waals surface area (Å²) >= 11 is 0. The van der Waals surface area contributed by atoms with Gasteiger partial charge >= 0.3 is 5.97 Å². The maximum absolute atomic E-state index is 12.4. The Labute approximate surface area is 175 Å². The molecule has 0 aliphatic heterocycles. The van der Waals surface area contributed by atoms with Crippen molar-refractivity contribution in [3.8, 4) is 0 Å². The maximum atomic E-state index is 12.4. The third-order valence-corrected chi connectivity index (χ3v) is 6.79. The van der Waals surface area contributed by atoms with Crippen molar-refractivity contribution in [3.05, 3.63) is 47.5 Å². The van der Waals surface area contributed by atoms with E-state index in [-0.39, 0.29) is 11.9 Å². The number of hydrogen-bond acceptors (Lipinski definition) is 3. The molecule has 1 aromatic carbocycles. The van der Waals surface area contributed by atoms with E-state index in [1.807, 2.05) is 0 Å². The van der Waals surface area contributed by atoms with Crippen LogP contribution < -0.4 is 0 Å². The number of methoxy groups -OCH3 is 1. The predicted octanol–water partition coefficient (Wildman–Crippen LogP) is 6.16. The van der Waals surface area contributed by atoms with E-state index in [0.29, 0.717) is 24.5 Å². The third-order valence-electron chi connectivity index (χ3n) is 6.79. The Morgan fingerprint density at radius 3 is 2.55 bits per heavy atom. The SMILES string of the molecule is COC(=O)CCC/C=C\C[C@H]1C(=O)CCC1c1ccc(CC2CCCCC2)cc1. The van der Waals surface area contributed by atoms with Crippen LogP contribution in [0.5, 0.6) is 0 Å². The minimum absolute atomic E-state index is 0.107. The van der Waals surface area contributed by atoms with Gasteiger partial charge in [-0.3, -0.25) is 9.59 Å². The average Bonchev–Trinajstić information content (AvgIpc) is 3.12. The second-order valence-corrected chi connectivity index (χ2v) is 8.84. The van der Waals surface area contributed by atoms with Crippen LogP contribution in [-0.2, 0) is 20.7 Å². The van der Waals surface area contributed by atoms with Crippen molar-refractivity contribution in [1.29, 1.82) is 0 Å². The summed E-state index contributed by atoms with van der Waals surface area (Å²) in [6.07, 6.45) is 17.0. The van der Waals surface area contributed by atoms with Crippen molar-refractivity contribution in [1.82, 2.24) is 0 Å². The molecule has 29 heavy (non-hydrogen) atoms. The van der Waals surface area contributed by atoms with Gasteiger partial charge in [-0.1, -0.05) is 68.5 Å². The van der Waals surface area contributed by atoms with Crippen molar-refractivity contribution < 1.29 is 14.3 Å². The zero-order valence-corrected chi connectivity index (χ0v) is 17.9. The van der Waals surface area contributed by atoms with Gasteiger partial charge in [0.15, 0.2) is 0 Å². The normalized spacial score (nSPS) is 23.0. The quantitative estimate of drug-likeness (QED) is 0.285. The molecule has 2 aliphatic rings. The molecular formula is C26H36O3. The Hall–Kier alpha value is -1.90. The lowest BCUT2D eigenvalue weighted by Gasteiger charge is -2.22. The monoisotopic (exact) mass is 396 g/mol. The van der Waals surface area contributed by atoms with Gasteiger partial charge in [0.05, 0.1) is 7.11 Å². The van der Waals surface area contributed by atoms with Gasteiger partial charge in [-0.15, -0.1) is 0 Å². The Morgan fingerprint density at radius 1 is 1.07 bits per heavy atom. The molecule has 2 aliphatic carbocycles. The fourth-order valence-corrected chi connectivity index (χ4v) is 5.06. The van der Waals surface area contributed by atoms with Gasteiger partial charge in [0.2, 0.25) is 0 Å². The minimum Gasteiger partial charge on any atom is -0.469 e. The standard InChI is InChI=1S/C26H36O3/c1-29-26(28)12-8-3-2-7-11-24-23(17-18-25(24)27)22-15-13-21(14-16-22)19-20-9-5-4-6-10-20/h2,7,13-16,20,23-24H,3-6,8-12,17-19H2,1H3/b7-2-/t23?,24-/m1/s1. The summed E-state index contributed by atoms with van der Waals surface area (Å²) in [6, 6.07) is 9.14. The van der Waals surface area contributed by atoms with Crippen LogP contribution in [0.1, 0.15) is 87.7 Å². The topological polar surface area (TPSA) is 43.4 Å². The van der Waals surface area contributed by atoms with Crippen LogP contribution >= 0.6 is 0 Å². The van der Waals surface area contributed by atoms with Gasteiger partial charge in [0, 0.05) is 18.8 Å². The first-order valence-electron chi connectivity index (χ1n) is 11.5. The van der Waals surface area contributed by atoms with Gasteiger partial charge < -0.3 is 4.74 Å². The lowest BCUT2D eigenvalue weighted by atomic mass is 9.83. The number of benzene rings is 1. The number of hydrogen-bond donors (Lipinski definition) is 0. The number of carbonyl (C=O) groups is 2. The highest BCUT2D eigenvalue weighted by Gasteiger charge is 2.34. The van der Waals surface area contributed by atoms with E-state index in [0.717, 1.165) is 31.6 Å². The van der Waals surface area contributed by atoms with Gasteiger partial charge in [0.1, 0.15) is 5.78 Å². The molecule has 2 saturated carbocycles. The van der Waals surface area contributed by atoms with Gasteiger partial charge in [0.25, 0.3) is 0 Å². The Balaban J connectivity index is 1.50. The van der Waals surface area contributed by atoms with Crippen LogP contribution in [0, 0.1) is 11.8 Å². The minimum atomic E-state index is -0.156. The second-order valence-electron chi connectivity index (χ2n) is 8.84. The number of allylic oxidation sites excluding steroid dienone is 2. The van der Waals surface area contributed by atoms with Crippen LogP contribution in [0.3, 0.4) is 0 Å². The third kappa shape index (κ3) is 6.55. The summed E-state index contributed by atoms with van der Waals surface area (Å²) in [6.45, 7) is 0. The van der Waals surface area contributed by atoms with E-state index in [9.17, 15) is 9.59 Å². The molecule has 1 unspecified atom stereocenters. The van der Waals surface area contributed by atoms with E-state index in [2.05, 4.69) is 41.2 Å². The summed E-state index contributed by atoms with van der Waals surface area (Å²) in [5, 5.41) is 0. The van der Waals surface area contributed by atoms with E-state index in [4.69, 9.17) is 0 Å². The molecule has 0 saturated heterocycles. The van der Waals surface area contributed by atoms with Crippen molar-refractivity contribution in [2.75, 3.05) is 7.11 Å². The average molecular weight is 397 g/mol. The molecule has 0 spiro atoms. The maximum Gasteiger partial charge on any atom is 0.305 e. The van der Waals surface area contributed by atoms with Crippen molar-refractivity contribution in [2.45, 2.75) is 83.0 Å². The lowest BCUT2D eigenvalue weighted by molar-refractivity contribution is -0.140. The lowest BCUT2D eigenvalue weighted by Crippen LogP contribution is -2.13. The number of ether oxygens (including phenoxy) is 1. The first kappa shape index (κ1) is 21.8. The van der Waals surface area contributed by atoms with E-state index < -0.39 is 0 Å². The number of rotatable bonds is 9. The molecule has 158 valence electrons. The van der Waals surface area contributed by atoms with E-state index in [1.54, 1.807) is 0 Å². The smallest absolute Gasteiger partial charge is 0.305 e. The molecule has 0 bridgehead atoms. The molecule has 0 radical (unpaired) electrons. The Morgan fingerprint density at radius 2 is 1.83 bits per heavy atom. The first-order chi connectivity index (χ1) is 14.2. The first-order valence-corrected chi connectivity index (χ1v) is 11.5. The zero-order valence-electron chi connectivity index (χ0n) is 17.9. The number of unbranched alkanes of at least 4 members (excludes halogenated alkanes) is 1.